The Kier molecular flexibility index (Phi) is 4.85. The number of fused-ring (bicyclic) bond motifs is 1. The zero-order valence-corrected chi connectivity index (χ0v) is 14.7. The van der Waals surface area contributed by atoms with Gasteiger partial charge in [-0.1, -0.05) is 6.07 Å². The number of carbonyl (C=O) groups excluding carboxylic acids is 1. The van der Waals surface area contributed by atoms with Crippen LogP contribution in [0.3, 0.4) is 0 Å². The summed E-state index contributed by atoms with van der Waals surface area (Å²) in [6.07, 6.45) is 1.63. The van der Waals surface area contributed by atoms with Crippen molar-refractivity contribution in [3.8, 4) is 5.75 Å². The number of Topliss-reactive ketones (excluding diaryl/α,β-unsaturated/α-hetero) is 1. The molecule has 0 aromatic carbocycles. The van der Waals surface area contributed by atoms with Crippen LogP contribution in [0.2, 0.25) is 0 Å². The van der Waals surface area contributed by atoms with Gasteiger partial charge in [0.05, 0.1) is 18.2 Å². The van der Waals surface area contributed by atoms with Crippen molar-refractivity contribution < 1.29 is 19.4 Å². The molecule has 0 spiro atoms. The Bertz CT molecular complexity index is 915. The summed E-state index contributed by atoms with van der Waals surface area (Å²) in [5.74, 6) is -1.51. The highest BCUT2D eigenvalue weighted by molar-refractivity contribution is 7.10. The molecule has 3 aromatic rings. The van der Waals surface area contributed by atoms with Crippen LogP contribution in [0.25, 0.3) is 5.65 Å². The molecule has 0 aliphatic heterocycles. The molecule has 0 fully saturated rings. The van der Waals surface area contributed by atoms with Gasteiger partial charge in [0, 0.05) is 17.5 Å². The maximum absolute atomic E-state index is 12.9. The SMILES string of the molecule is CCOc1cccn2c(C(=O)CC(C(=O)O)c3cccs3)c(C)nc12. The highest BCUT2D eigenvalue weighted by Gasteiger charge is 2.27. The number of ketones is 1. The van der Waals surface area contributed by atoms with E-state index >= 15 is 0 Å². The maximum atomic E-state index is 12.9. The van der Waals surface area contributed by atoms with Crippen LogP contribution in [0.1, 0.15) is 40.3 Å². The van der Waals surface area contributed by atoms with Gasteiger partial charge in [0.2, 0.25) is 0 Å². The van der Waals surface area contributed by atoms with Crippen LogP contribution in [0.4, 0.5) is 0 Å². The fourth-order valence-corrected chi connectivity index (χ4v) is 3.66. The molecule has 1 N–H and O–H groups in total. The van der Waals surface area contributed by atoms with Gasteiger partial charge >= 0.3 is 5.97 Å². The Hall–Kier alpha value is -2.67. The van der Waals surface area contributed by atoms with Crippen molar-refractivity contribution in [3.05, 3.63) is 52.1 Å². The summed E-state index contributed by atoms with van der Waals surface area (Å²) in [7, 11) is 0. The van der Waals surface area contributed by atoms with Gasteiger partial charge in [-0.25, -0.2) is 4.98 Å². The third-order valence-corrected chi connectivity index (χ3v) is 4.91. The normalized spacial score (nSPS) is 12.2. The number of hydrogen-bond acceptors (Lipinski definition) is 5. The summed E-state index contributed by atoms with van der Waals surface area (Å²) in [6.45, 7) is 4.12. The molecule has 130 valence electrons. The Morgan fingerprint density at radius 2 is 2.16 bits per heavy atom. The van der Waals surface area contributed by atoms with Gasteiger partial charge in [-0.3, -0.25) is 14.0 Å². The van der Waals surface area contributed by atoms with Crippen LogP contribution in [-0.4, -0.2) is 32.9 Å². The fourth-order valence-electron chi connectivity index (χ4n) is 2.84. The first-order valence-electron chi connectivity index (χ1n) is 7.92. The van der Waals surface area contributed by atoms with Crippen molar-refractivity contribution in [3.63, 3.8) is 0 Å². The second-order valence-corrected chi connectivity index (χ2v) is 6.56. The lowest BCUT2D eigenvalue weighted by Crippen LogP contribution is -2.17. The van der Waals surface area contributed by atoms with Gasteiger partial charge in [-0.05, 0) is 37.4 Å². The second kappa shape index (κ2) is 7.06. The summed E-state index contributed by atoms with van der Waals surface area (Å²) in [5.41, 5.74) is 1.53. The van der Waals surface area contributed by atoms with Crippen LogP contribution < -0.4 is 4.74 Å². The molecule has 0 amide bonds. The average Bonchev–Trinajstić information content (AvgIpc) is 3.20. The molecule has 3 heterocycles. The van der Waals surface area contributed by atoms with Crippen LogP contribution in [0.15, 0.2) is 35.8 Å². The lowest BCUT2D eigenvalue weighted by Gasteiger charge is -2.10. The molecular weight excluding hydrogens is 340 g/mol. The third kappa shape index (κ3) is 3.28. The highest BCUT2D eigenvalue weighted by atomic mass is 32.1. The maximum Gasteiger partial charge on any atom is 0.312 e. The van der Waals surface area contributed by atoms with E-state index in [1.165, 1.54) is 11.3 Å². The van der Waals surface area contributed by atoms with Crippen LogP contribution in [-0.2, 0) is 4.79 Å². The molecule has 3 rings (SSSR count). The largest absolute Gasteiger partial charge is 0.490 e. The second-order valence-electron chi connectivity index (χ2n) is 5.58. The third-order valence-electron chi connectivity index (χ3n) is 3.93. The minimum atomic E-state index is -1.00. The summed E-state index contributed by atoms with van der Waals surface area (Å²) >= 11 is 1.34. The smallest absolute Gasteiger partial charge is 0.312 e. The van der Waals surface area contributed by atoms with E-state index < -0.39 is 11.9 Å². The average molecular weight is 358 g/mol. The monoisotopic (exact) mass is 358 g/mol. The molecule has 6 nitrogen and oxygen atoms in total. The molecule has 0 aliphatic rings. The first kappa shape index (κ1) is 17.2. The first-order valence-corrected chi connectivity index (χ1v) is 8.80. The number of carboxylic acids is 1. The number of imidazole rings is 1. The number of aryl methyl sites for hydroxylation is 1. The number of carbonyl (C=O) groups is 2. The number of thiophene rings is 1. The summed E-state index contributed by atoms with van der Waals surface area (Å²) in [5, 5.41) is 11.3. The van der Waals surface area contributed by atoms with Crippen molar-refractivity contribution in [2.24, 2.45) is 0 Å². The first-order chi connectivity index (χ1) is 12.0. The fraction of sp³-hybridized carbons (Fsp3) is 0.278. The zero-order chi connectivity index (χ0) is 18.0. The molecular formula is C18H18N2O4S. The van der Waals surface area contributed by atoms with Crippen molar-refractivity contribution in [2.45, 2.75) is 26.2 Å². The number of rotatable bonds is 7. The number of pyridine rings is 1. The number of hydrogen-bond donors (Lipinski definition) is 1. The van der Waals surface area contributed by atoms with Crippen LogP contribution >= 0.6 is 11.3 Å². The Morgan fingerprint density at radius 1 is 1.36 bits per heavy atom. The van der Waals surface area contributed by atoms with E-state index in [1.54, 1.807) is 41.8 Å². The van der Waals surface area contributed by atoms with E-state index in [0.717, 1.165) is 0 Å². The van der Waals surface area contributed by atoms with Gasteiger partial charge in [0.1, 0.15) is 5.69 Å². The number of ether oxygens (including phenoxy) is 1. The minimum absolute atomic E-state index is 0.108. The predicted octanol–water partition coefficient (Wildman–Crippen LogP) is 3.54. The van der Waals surface area contributed by atoms with E-state index in [4.69, 9.17) is 4.74 Å². The molecule has 0 saturated carbocycles. The molecule has 7 heteroatoms. The van der Waals surface area contributed by atoms with Crippen molar-refractivity contribution in [2.75, 3.05) is 6.61 Å². The summed E-state index contributed by atoms with van der Waals surface area (Å²) in [4.78, 5) is 29.6. The molecule has 0 aliphatic carbocycles. The van der Waals surface area contributed by atoms with E-state index in [0.29, 0.717) is 34.3 Å². The number of aromatic nitrogens is 2. The van der Waals surface area contributed by atoms with E-state index in [1.807, 2.05) is 12.3 Å². The van der Waals surface area contributed by atoms with Crippen LogP contribution in [0, 0.1) is 6.92 Å². The van der Waals surface area contributed by atoms with Gasteiger partial charge < -0.3 is 9.84 Å². The Balaban J connectivity index is 1.98. The lowest BCUT2D eigenvalue weighted by molar-refractivity contribution is -0.138. The van der Waals surface area contributed by atoms with Crippen molar-refractivity contribution in [1.29, 1.82) is 0 Å². The standard InChI is InChI=1S/C18H18N2O4S/c1-3-24-14-6-4-8-20-16(11(2)19-17(14)20)13(21)10-12(18(22)23)15-7-5-9-25-15/h4-9,12H,3,10H2,1-2H3,(H,22,23). The van der Waals surface area contributed by atoms with E-state index in [-0.39, 0.29) is 12.2 Å². The van der Waals surface area contributed by atoms with Gasteiger partial charge in [0.25, 0.3) is 0 Å². The molecule has 1 unspecified atom stereocenters. The number of aliphatic carboxylic acids is 1. The summed E-state index contributed by atoms with van der Waals surface area (Å²) < 4.78 is 7.23. The van der Waals surface area contributed by atoms with Crippen molar-refractivity contribution in [1.82, 2.24) is 9.38 Å². The van der Waals surface area contributed by atoms with E-state index in [2.05, 4.69) is 4.98 Å². The lowest BCUT2D eigenvalue weighted by atomic mass is 9.99. The molecule has 25 heavy (non-hydrogen) atoms. The number of nitrogens with zero attached hydrogens (tertiary/aromatic N) is 2. The Labute approximate surface area is 148 Å². The topological polar surface area (TPSA) is 80.9 Å². The molecule has 1 atom stereocenters. The van der Waals surface area contributed by atoms with Gasteiger partial charge in [0.15, 0.2) is 17.2 Å². The van der Waals surface area contributed by atoms with Gasteiger partial charge in [-0.15, -0.1) is 11.3 Å². The van der Waals surface area contributed by atoms with Crippen LogP contribution in [0.5, 0.6) is 5.75 Å². The quantitative estimate of drug-likeness (QED) is 0.653. The summed E-state index contributed by atoms with van der Waals surface area (Å²) in [6, 6.07) is 7.11. The molecule has 3 aromatic heterocycles. The predicted molar refractivity (Wildman–Crippen MR) is 94.7 cm³/mol. The molecule has 0 saturated heterocycles. The minimum Gasteiger partial charge on any atom is -0.490 e. The van der Waals surface area contributed by atoms with E-state index in [9.17, 15) is 14.7 Å². The Morgan fingerprint density at radius 3 is 2.80 bits per heavy atom. The highest BCUT2D eigenvalue weighted by Crippen LogP contribution is 2.28. The molecule has 0 bridgehead atoms. The zero-order valence-electron chi connectivity index (χ0n) is 13.9. The number of carboxylic acid groups (broad SMARTS) is 1. The molecule has 0 radical (unpaired) electrons. The van der Waals surface area contributed by atoms with Crippen molar-refractivity contribution >= 4 is 28.7 Å². The van der Waals surface area contributed by atoms with Gasteiger partial charge in [-0.2, -0.15) is 0 Å².